The van der Waals surface area contributed by atoms with Gasteiger partial charge in [-0.25, -0.2) is 0 Å². The third-order valence-corrected chi connectivity index (χ3v) is 11.1. The number of hydrogen-bond donors (Lipinski definition) is 0. The Kier molecular flexibility index (Phi) is 52.5. The van der Waals surface area contributed by atoms with Crippen molar-refractivity contribution in [3.8, 4) is 0 Å². The van der Waals surface area contributed by atoms with Gasteiger partial charge in [-0.3, -0.25) is 14.4 Å². The molecule has 0 heterocycles. The molecule has 0 spiro atoms. The second-order valence-electron chi connectivity index (χ2n) is 17.8. The van der Waals surface area contributed by atoms with E-state index in [0.29, 0.717) is 19.3 Å². The lowest BCUT2D eigenvalue weighted by atomic mass is 10.1. The molecule has 6 heteroatoms. The molecule has 0 saturated heterocycles. The maximum Gasteiger partial charge on any atom is 0.306 e. The van der Waals surface area contributed by atoms with E-state index >= 15 is 0 Å². The van der Waals surface area contributed by atoms with E-state index < -0.39 is 6.10 Å². The van der Waals surface area contributed by atoms with Crippen molar-refractivity contribution >= 4 is 17.9 Å². The van der Waals surface area contributed by atoms with E-state index in [1.165, 1.54) is 77.0 Å². The molecule has 0 unspecified atom stereocenters. The molecule has 388 valence electrons. The third kappa shape index (κ3) is 54.4. The number of carbonyl (C=O) groups excluding carboxylic acids is 3. The molecular formula is C63H100O6. The summed E-state index contributed by atoms with van der Waals surface area (Å²) in [5.41, 5.74) is 0. The lowest BCUT2D eigenvalue weighted by Gasteiger charge is -2.18. The molecule has 0 bridgehead atoms. The van der Waals surface area contributed by atoms with Crippen LogP contribution in [0.5, 0.6) is 0 Å². The Morgan fingerprint density at radius 1 is 0.290 bits per heavy atom. The lowest BCUT2D eigenvalue weighted by Crippen LogP contribution is -2.30. The zero-order chi connectivity index (χ0) is 50.0. The lowest BCUT2D eigenvalue weighted by molar-refractivity contribution is -0.167. The van der Waals surface area contributed by atoms with Gasteiger partial charge in [0.05, 0.1) is 0 Å². The fourth-order valence-corrected chi connectivity index (χ4v) is 6.89. The van der Waals surface area contributed by atoms with Crippen LogP contribution in [0, 0.1) is 0 Å². The summed E-state index contributed by atoms with van der Waals surface area (Å²) >= 11 is 0. The number of esters is 3. The fourth-order valence-electron chi connectivity index (χ4n) is 6.89. The number of rotatable bonds is 48. The molecule has 0 aliphatic rings. The van der Waals surface area contributed by atoms with Gasteiger partial charge in [-0.1, -0.05) is 199 Å². The molecule has 1 atom stereocenters. The summed E-state index contributed by atoms with van der Waals surface area (Å²) in [6.07, 6.45) is 78.7. The van der Waals surface area contributed by atoms with Gasteiger partial charge >= 0.3 is 17.9 Å². The van der Waals surface area contributed by atoms with Crippen LogP contribution in [0.1, 0.15) is 226 Å². The fraction of sp³-hybridized carbons (Fsp3) is 0.603. The molecule has 0 saturated carbocycles. The number of ether oxygens (including phenoxy) is 3. The highest BCUT2D eigenvalue weighted by Crippen LogP contribution is 2.10. The van der Waals surface area contributed by atoms with Crippen LogP contribution in [0.25, 0.3) is 0 Å². The first-order valence-electron chi connectivity index (χ1n) is 27.7. The average Bonchev–Trinajstić information content (AvgIpc) is 3.35. The second-order valence-corrected chi connectivity index (χ2v) is 17.8. The van der Waals surface area contributed by atoms with Crippen molar-refractivity contribution in [1.29, 1.82) is 0 Å². The summed E-state index contributed by atoms with van der Waals surface area (Å²) in [5, 5.41) is 0. The van der Waals surface area contributed by atoms with Gasteiger partial charge in [0, 0.05) is 19.3 Å². The summed E-state index contributed by atoms with van der Waals surface area (Å²) in [7, 11) is 0. The highest BCUT2D eigenvalue weighted by Gasteiger charge is 2.19. The maximum absolute atomic E-state index is 12.8. The van der Waals surface area contributed by atoms with Crippen molar-refractivity contribution in [2.45, 2.75) is 232 Å². The first-order valence-corrected chi connectivity index (χ1v) is 27.7. The summed E-state index contributed by atoms with van der Waals surface area (Å²) in [6, 6.07) is 0. The van der Waals surface area contributed by atoms with Crippen LogP contribution in [0.3, 0.4) is 0 Å². The minimum atomic E-state index is -0.841. The summed E-state index contributed by atoms with van der Waals surface area (Å²) in [6.45, 7) is 6.43. The Labute approximate surface area is 424 Å². The Morgan fingerprint density at radius 2 is 0.536 bits per heavy atom. The van der Waals surface area contributed by atoms with Crippen LogP contribution in [-0.2, 0) is 28.6 Å². The van der Waals surface area contributed by atoms with Crippen molar-refractivity contribution < 1.29 is 28.6 Å². The zero-order valence-electron chi connectivity index (χ0n) is 44.3. The summed E-state index contributed by atoms with van der Waals surface area (Å²) in [4.78, 5) is 38.1. The number of carbonyl (C=O) groups is 3. The van der Waals surface area contributed by atoms with Gasteiger partial charge in [0.15, 0.2) is 6.10 Å². The van der Waals surface area contributed by atoms with E-state index in [2.05, 4.69) is 154 Å². The topological polar surface area (TPSA) is 78.9 Å². The van der Waals surface area contributed by atoms with E-state index in [1.54, 1.807) is 0 Å². The highest BCUT2D eigenvalue weighted by atomic mass is 16.6. The number of unbranched alkanes of at least 4 members (excludes halogenated alkanes) is 15. The summed E-state index contributed by atoms with van der Waals surface area (Å²) in [5.74, 6) is -1.06. The molecule has 0 aromatic carbocycles. The van der Waals surface area contributed by atoms with E-state index in [-0.39, 0.29) is 44.0 Å². The molecule has 6 nitrogen and oxygen atoms in total. The van der Waals surface area contributed by atoms with Crippen LogP contribution in [0.4, 0.5) is 0 Å². The largest absolute Gasteiger partial charge is 0.462 e. The molecule has 0 aliphatic heterocycles. The molecule has 0 fully saturated rings. The second kappa shape index (κ2) is 56.1. The normalized spacial score (nSPS) is 13.1. The van der Waals surface area contributed by atoms with Crippen LogP contribution >= 0.6 is 0 Å². The molecule has 0 radical (unpaired) electrons. The van der Waals surface area contributed by atoms with Crippen LogP contribution in [0.2, 0.25) is 0 Å². The van der Waals surface area contributed by atoms with Gasteiger partial charge in [-0.05, 0) is 141 Å². The molecule has 0 aliphatic carbocycles. The minimum Gasteiger partial charge on any atom is -0.462 e. The monoisotopic (exact) mass is 953 g/mol. The van der Waals surface area contributed by atoms with Crippen molar-refractivity contribution in [3.05, 3.63) is 134 Å². The molecule has 0 aromatic heterocycles. The predicted molar refractivity (Wildman–Crippen MR) is 297 cm³/mol. The Morgan fingerprint density at radius 3 is 0.855 bits per heavy atom. The van der Waals surface area contributed by atoms with Gasteiger partial charge in [-0.15, -0.1) is 0 Å². The standard InChI is InChI=1S/C63H100O6/c1-4-7-10-13-16-19-22-25-28-30-31-33-35-38-41-44-47-50-53-56-62(65)68-59-60(58-67-61(64)55-52-49-46-43-40-37-34-27-24-21-18-15-12-9-6-3)69-63(66)57-54-51-48-45-42-39-36-32-29-26-23-20-17-14-11-8-5-2/h16-21,25-29,31,33-34,36,38-41,43,45,48,60H,4-15,22-24,30,32,35,37,42,44,46-47,49-59H2,1-3H3/b19-16-,20-17-,21-18-,28-25-,29-26-,33-31-,34-27-,39-36-,41-38-,43-40-,48-45-/t60-/m1/s1. The predicted octanol–water partition coefficient (Wildman–Crippen LogP) is 18.6. The number of allylic oxidation sites excluding steroid dienone is 22. The van der Waals surface area contributed by atoms with Gasteiger partial charge < -0.3 is 14.2 Å². The molecular weight excluding hydrogens is 853 g/mol. The van der Waals surface area contributed by atoms with E-state index in [4.69, 9.17) is 14.2 Å². The average molecular weight is 953 g/mol. The van der Waals surface area contributed by atoms with E-state index in [9.17, 15) is 14.4 Å². The van der Waals surface area contributed by atoms with E-state index in [1.807, 2.05) is 0 Å². The molecule has 69 heavy (non-hydrogen) atoms. The first kappa shape index (κ1) is 64.5. The quantitative estimate of drug-likeness (QED) is 0.0262. The van der Waals surface area contributed by atoms with E-state index in [0.717, 1.165) is 96.3 Å². The van der Waals surface area contributed by atoms with Gasteiger partial charge in [0.1, 0.15) is 13.2 Å². The maximum atomic E-state index is 12.8. The van der Waals surface area contributed by atoms with Gasteiger partial charge in [0.25, 0.3) is 0 Å². The van der Waals surface area contributed by atoms with Crippen molar-refractivity contribution in [3.63, 3.8) is 0 Å². The smallest absolute Gasteiger partial charge is 0.306 e. The Bertz CT molecular complexity index is 1510. The minimum absolute atomic E-state index is 0.133. The highest BCUT2D eigenvalue weighted by molar-refractivity contribution is 5.71. The van der Waals surface area contributed by atoms with Crippen molar-refractivity contribution in [1.82, 2.24) is 0 Å². The van der Waals surface area contributed by atoms with Gasteiger partial charge in [-0.2, -0.15) is 0 Å². The first-order chi connectivity index (χ1) is 34.0. The van der Waals surface area contributed by atoms with Crippen LogP contribution in [-0.4, -0.2) is 37.2 Å². The Balaban J connectivity index is 4.62. The van der Waals surface area contributed by atoms with Crippen molar-refractivity contribution in [2.24, 2.45) is 0 Å². The third-order valence-electron chi connectivity index (χ3n) is 11.1. The zero-order valence-corrected chi connectivity index (χ0v) is 44.3. The SMILES string of the molecule is CCCCC/C=C\C/C=C\C/C=C\C/C=C\CCCCCC(=O)OC[C@@H](COC(=O)CCCC/C=C\C/C=C\C/C=C\CCCCC)OC(=O)CCC/C=C\C/C=C\C/C=C\C/C=C\CCCCC. The van der Waals surface area contributed by atoms with Crippen molar-refractivity contribution in [2.75, 3.05) is 13.2 Å². The number of hydrogen-bond acceptors (Lipinski definition) is 6. The summed E-state index contributed by atoms with van der Waals surface area (Å²) < 4.78 is 16.7. The van der Waals surface area contributed by atoms with Crippen LogP contribution in [0.15, 0.2) is 134 Å². The van der Waals surface area contributed by atoms with Gasteiger partial charge in [0.2, 0.25) is 0 Å². The molecule has 0 amide bonds. The molecule has 0 N–H and O–H groups in total. The Hall–Kier alpha value is -4.45. The molecule has 0 aromatic rings. The van der Waals surface area contributed by atoms with Crippen LogP contribution < -0.4 is 0 Å². The molecule has 0 rings (SSSR count).